The zero-order chi connectivity index (χ0) is 6.41. The average Bonchev–Trinajstić information content (AvgIpc) is 1.83. The minimum atomic E-state index is 0.303. The van der Waals surface area contributed by atoms with Crippen LogP contribution in [0.5, 0.6) is 0 Å². The first kappa shape index (κ1) is 7.96. The van der Waals surface area contributed by atoms with E-state index in [0.717, 1.165) is 19.3 Å². The first-order valence-electron chi connectivity index (χ1n) is 3.25. The lowest BCUT2D eigenvalue weighted by atomic mass is 10.0. The Morgan fingerprint density at radius 1 is 1.62 bits per heavy atom. The molecule has 1 unspecified atom stereocenters. The van der Waals surface area contributed by atoms with E-state index in [1.807, 2.05) is 0 Å². The predicted octanol–water partition coefficient (Wildman–Crippen LogP) is 1.62. The zero-order valence-electron chi connectivity index (χ0n) is 5.56. The Bertz CT molecular complexity index is 39.7. The molecule has 0 rings (SSSR count). The van der Waals surface area contributed by atoms with E-state index in [0.29, 0.717) is 12.5 Å². The smallest absolute Gasteiger partial charge is 0.0459 e. The number of hydrogen-bond donors (Lipinski definition) is 1. The molecule has 1 radical (unpaired) electrons. The SMILES string of the molecule is [CH2]CC(CO)CCC. The van der Waals surface area contributed by atoms with E-state index >= 15 is 0 Å². The van der Waals surface area contributed by atoms with Crippen LogP contribution in [0.25, 0.3) is 0 Å². The number of hydrogen-bond acceptors (Lipinski definition) is 1. The van der Waals surface area contributed by atoms with Crippen LogP contribution in [-0.2, 0) is 0 Å². The highest BCUT2D eigenvalue weighted by atomic mass is 16.3. The largest absolute Gasteiger partial charge is 0.396 e. The van der Waals surface area contributed by atoms with Gasteiger partial charge < -0.3 is 5.11 Å². The molecule has 0 aromatic heterocycles. The Hall–Kier alpha value is -0.0400. The zero-order valence-corrected chi connectivity index (χ0v) is 5.56. The Morgan fingerprint density at radius 3 is 2.38 bits per heavy atom. The van der Waals surface area contributed by atoms with Crippen molar-refractivity contribution in [2.24, 2.45) is 5.92 Å². The summed E-state index contributed by atoms with van der Waals surface area (Å²) in [5, 5.41) is 8.62. The van der Waals surface area contributed by atoms with E-state index in [1.165, 1.54) is 0 Å². The van der Waals surface area contributed by atoms with E-state index in [4.69, 9.17) is 5.11 Å². The highest BCUT2D eigenvalue weighted by molar-refractivity contribution is 4.56. The van der Waals surface area contributed by atoms with Gasteiger partial charge in [0.2, 0.25) is 0 Å². The molecular weight excluding hydrogens is 100 g/mol. The van der Waals surface area contributed by atoms with Gasteiger partial charge in [-0.05, 0) is 18.8 Å². The van der Waals surface area contributed by atoms with Crippen LogP contribution in [0, 0.1) is 12.8 Å². The van der Waals surface area contributed by atoms with Crippen molar-refractivity contribution in [3.05, 3.63) is 6.92 Å². The second kappa shape index (κ2) is 5.10. The van der Waals surface area contributed by atoms with Gasteiger partial charge in [-0.15, -0.1) is 0 Å². The molecule has 0 aliphatic heterocycles. The third kappa shape index (κ3) is 3.03. The van der Waals surface area contributed by atoms with Crippen molar-refractivity contribution in [2.75, 3.05) is 6.61 Å². The fraction of sp³-hybridized carbons (Fsp3) is 0.857. The highest BCUT2D eigenvalue weighted by Crippen LogP contribution is 2.07. The summed E-state index contributed by atoms with van der Waals surface area (Å²) in [7, 11) is 0. The summed E-state index contributed by atoms with van der Waals surface area (Å²) in [6.45, 7) is 6.14. The van der Waals surface area contributed by atoms with Crippen LogP contribution < -0.4 is 0 Å². The lowest BCUT2D eigenvalue weighted by Crippen LogP contribution is -2.02. The molecule has 0 aromatic carbocycles. The van der Waals surface area contributed by atoms with Crippen LogP contribution in [0.4, 0.5) is 0 Å². The van der Waals surface area contributed by atoms with Crippen molar-refractivity contribution in [1.29, 1.82) is 0 Å². The van der Waals surface area contributed by atoms with Crippen molar-refractivity contribution in [3.8, 4) is 0 Å². The van der Waals surface area contributed by atoms with E-state index in [9.17, 15) is 0 Å². The summed E-state index contributed by atoms with van der Waals surface area (Å²) in [6.07, 6.45) is 3.13. The van der Waals surface area contributed by atoms with Crippen molar-refractivity contribution < 1.29 is 5.11 Å². The van der Waals surface area contributed by atoms with E-state index in [1.54, 1.807) is 0 Å². The third-order valence-electron chi connectivity index (χ3n) is 1.36. The topological polar surface area (TPSA) is 20.2 Å². The van der Waals surface area contributed by atoms with Crippen LogP contribution in [-0.4, -0.2) is 11.7 Å². The molecule has 0 aromatic rings. The van der Waals surface area contributed by atoms with Gasteiger partial charge in [0.25, 0.3) is 0 Å². The van der Waals surface area contributed by atoms with E-state index < -0.39 is 0 Å². The molecule has 0 aliphatic rings. The number of rotatable bonds is 4. The number of aliphatic hydroxyl groups excluding tert-OH is 1. The molecule has 0 aliphatic carbocycles. The Balaban J connectivity index is 3.07. The van der Waals surface area contributed by atoms with E-state index in [2.05, 4.69) is 13.8 Å². The minimum absolute atomic E-state index is 0.303. The summed E-state index contributed by atoms with van der Waals surface area (Å²) < 4.78 is 0. The summed E-state index contributed by atoms with van der Waals surface area (Å²) in [5.74, 6) is 0.444. The van der Waals surface area contributed by atoms with Gasteiger partial charge in [0, 0.05) is 6.61 Å². The van der Waals surface area contributed by atoms with Crippen LogP contribution >= 0.6 is 0 Å². The molecule has 49 valence electrons. The standard InChI is InChI=1S/C7H15O/c1-3-5-7(4-2)6-8/h7-8H,2-6H2,1H3. The molecule has 0 saturated carbocycles. The maximum atomic E-state index is 8.62. The van der Waals surface area contributed by atoms with Crippen molar-refractivity contribution in [3.63, 3.8) is 0 Å². The summed E-state index contributed by atoms with van der Waals surface area (Å²) in [4.78, 5) is 0. The van der Waals surface area contributed by atoms with Crippen molar-refractivity contribution in [2.45, 2.75) is 26.2 Å². The molecule has 0 amide bonds. The third-order valence-corrected chi connectivity index (χ3v) is 1.36. The molecule has 8 heavy (non-hydrogen) atoms. The first-order valence-corrected chi connectivity index (χ1v) is 3.25. The molecule has 0 spiro atoms. The lowest BCUT2D eigenvalue weighted by Gasteiger charge is -2.07. The Kier molecular flexibility index (Phi) is 5.08. The molecule has 0 heterocycles. The molecule has 0 bridgehead atoms. The Labute approximate surface area is 51.7 Å². The maximum absolute atomic E-state index is 8.62. The lowest BCUT2D eigenvalue weighted by molar-refractivity contribution is 0.218. The summed E-state index contributed by atoms with van der Waals surface area (Å²) in [5.41, 5.74) is 0. The number of aliphatic hydroxyl groups is 1. The fourth-order valence-corrected chi connectivity index (χ4v) is 0.735. The van der Waals surface area contributed by atoms with Crippen LogP contribution in [0.3, 0.4) is 0 Å². The fourth-order valence-electron chi connectivity index (χ4n) is 0.735. The van der Waals surface area contributed by atoms with Crippen molar-refractivity contribution >= 4 is 0 Å². The first-order chi connectivity index (χ1) is 3.85. The molecule has 1 N–H and O–H groups in total. The summed E-state index contributed by atoms with van der Waals surface area (Å²) in [6, 6.07) is 0. The summed E-state index contributed by atoms with van der Waals surface area (Å²) >= 11 is 0. The molecule has 1 heteroatoms. The van der Waals surface area contributed by atoms with Crippen molar-refractivity contribution in [1.82, 2.24) is 0 Å². The van der Waals surface area contributed by atoms with Gasteiger partial charge in [-0.25, -0.2) is 0 Å². The average molecular weight is 115 g/mol. The minimum Gasteiger partial charge on any atom is -0.396 e. The molecule has 1 atom stereocenters. The second-order valence-electron chi connectivity index (χ2n) is 2.13. The molecular formula is C7H15O. The van der Waals surface area contributed by atoms with Gasteiger partial charge in [0.15, 0.2) is 0 Å². The highest BCUT2D eigenvalue weighted by Gasteiger charge is 2.00. The van der Waals surface area contributed by atoms with Crippen LogP contribution in [0.2, 0.25) is 0 Å². The van der Waals surface area contributed by atoms with Crippen LogP contribution in [0.15, 0.2) is 0 Å². The van der Waals surface area contributed by atoms with Gasteiger partial charge in [-0.2, -0.15) is 0 Å². The molecule has 0 saturated heterocycles. The predicted molar refractivity (Wildman–Crippen MR) is 35.5 cm³/mol. The van der Waals surface area contributed by atoms with Gasteiger partial charge in [-0.3, -0.25) is 0 Å². The Morgan fingerprint density at radius 2 is 2.25 bits per heavy atom. The maximum Gasteiger partial charge on any atom is 0.0459 e. The normalized spacial score (nSPS) is 13.9. The quantitative estimate of drug-likeness (QED) is 0.590. The van der Waals surface area contributed by atoms with Crippen LogP contribution in [0.1, 0.15) is 26.2 Å². The van der Waals surface area contributed by atoms with Gasteiger partial charge in [0.1, 0.15) is 0 Å². The molecule has 0 fully saturated rings. The second-order valence-corrected chi connectivity index (χ2v) is 2.13. The van der Waals surface area contributed by atoms with Gasteiger partial charge >= 0.3 is 0 Å². The monoisotopic (exact) mass is 115 g/mol. The molecule has 1 nitrogen and oxygen atoms in total. The van der Waals surface area contributed by atoms with Gasteiger partial charge in [0.05, 0.1) is 0 Å². The van der Waals surface area contributed by atoms with E-state index in [-0.39, 0.29) is 0 Å². The van der Waals surface area contributed by atoms with Gasteiger partial charge in [-0.1, -0.05) is 20.3 Å².